The summed E-state index contributed by atoms with van der Waals surface area (Å²) in [5.41, 5.74) is 1.72. The summed E-state index contributed by atoms with van der Waals surface area (Å²) < 4.78 is 11.3. The highest BCUT2D eigenvalue weighted by molar-refractivity contribution is 5.77. The molecule has 9 heteroatoms. The molecular formula is C22H28N6O3. The summed E-state index contributed by atoms with van der Waals surface area (Å²) in [5.74, 6) is 0.908. The SMILES string of the molecule is O=C1CCOC[C@]2(CN(Cc3cnc(N4CCOCC4)nc3)C[C@H]2c2cccnc2)N1. The number of hydrogen-bond acceptors (Lipinski definition) is 8. The smallest absolute Gasteiger partial charge is 0.225 e. The zero-order valence-corrected chi connectivity index (χ0v) is 17.6. The first kappa shape index (κ1) is 20.3. The lowest BCUT2D eigenvalue weighted by Gasteiger charge is -2.34. The van der Waals surface area contributed by atoms with Crippen LogP contribution in [0.25, 0.3) is 0 Å². The van der Waals surface area contributed by atoms with E-state index < -0.39 is 5.54 Å². The first-order chi connectivity index (χ1) is 15.2. The summed E-state index contributed by atoms with van der Waals surface area (Å²) >= 11 is 0. The molecule has 5 rings (SSSR count). The molecule has 2 aromatic rings. The van der Waals surface area contributed by atoms with Crippen molar-refractivity contribution in [2.45, 2.75) is 24.4 Å². The van der Waals surface area contributed by atoms with E-state index in [1.54, 1.807) is 6.20 Å². The average molecular weight is 425 g/mol. The number of amides is 1. The Morgan fingerprint density at radius 2 is 1.97 bits per heavy atom. The number of carbonyl (C=O) groups is 1. The van der Waals surface area contributed by atoms with E-state index in [9.17, 15) is 4.79 Å². The maximum absolute atomic E-state index is 12.4. The number of nitrogens with zero attached hydrogens (tertiary/aromatic N) is 5. The van der Waals surface area contributed by atoms with Crippen LogP contribution in [0.5, 0.6) is 0 Å². The van der Waals surface area contributed by atoms with Crippen molar-refractivity contribution in [3.63, 3.8) is 0 Å². The number of likely N-dealkylation sites (tertiary alicyclic amines) is 1. The number of aromatic nitrogens is 3. The van der Waals surface area contributed by atoms with Gasteiger partial charge in [0.1, 0.15) is 0 Å². The van der Waals surface area contributed by atoms with Gasteiger partial charge in [-0.2, -0.15) is 0 Å². The van der Waals surface area contributed by atoms with Crippen molar-refractivity contribution in [2.24, 2.45) is 0 Å². The molecule has 164 valence electrons. The summed E-state index contributed by atoms with van der Waals surface area (Å²) in [4.78, 5) is 30.4. The summed E-state index contributed by atoms with van der Waals surface area (Å²) in [7, 11) is 0. The van der Waals surface area contributed by atoms with Crippen LogP contribution in [-0.2, 0) is 20.8 Å². The van der Waals surface area contributed by atoms with E-state index in [1.165, 1.54) is 0 Å². The lowest BCUT2D eigenvalue weighted by atomic mass is 9.83. The van der Waals surface area contributed by atoms with Gasteiger partial charge in [0.05, 0.1) is 32.0 Å². The number of rotatable bonds is 4. The van der Waals surface area contributed by atoms with Gasteiger partial charge in [0.15, 0.2) is 0 Å². The van der Waals surface area contributed by atoms with Crippen LogP contribution >= 0.6 is 0 Å². The zero-order chi connectivity index (χ0) is 21.1. The maximum atomic E-state index is 12.4. The Bertz CT molecular complexity index is 890. The molecule has 0 unspecified atom stereocenters. The van der Waals surface area contributed by atoms with Crippen LogP contribution in [0.2, 0.25) is 0 Å². The van der Waals surface area contributed by atoms with Crippen LogP contribution in [0.15, 0.2) is 36.9 Å². The highest BCUT2D eigenvalue weighted by Gasteiger charge is 2.49. The van der Waals surface area contributed by atoms with E-state index in [0.29, 0.717) is 39.4 Å². The van der Waals surface area contributed by atoms with Crippen LogP contribution in [-0.4, -0.2) is 83.9 Å². The van der Waals surface area contributed by atoms with Crippen LogP contribution in [0, 0.1) is 0 Å². The number of nitrogens with one attached hydrogen (secondary N) is 1. The normalized spacial score (nSPS) is 27.3. The molecular weight excluding hydrogens is 396 g/mol. The number of anilines is 1. The van der Waals surface area contributed by atoms with E-state index in [0.717, 1.165) is 43.3 Å². The van der Waals surface area contributed by atoms with Gasteiger partial charge in [-0.1, -0.05) is 6.07 Å². The van der Waals surface area contributed by atoms with Gasteiger partial charge in [0.25, 0.3) is 0 Å². The van der Waals surface area contributed by atoms with Gasteiger partial charge in [0, 0.05) is 75.4 Å². The molecule has 1 spiro atoms. The van der Waals surface area contributed by atoms with Gasteiger partial charge in [-0.05, 0) is 11.6 Å². The van der Waals surface area contributed by atoms with E-state index in [1.807, 2.05) is 24.7 Å². The minimum Gasteiger partial charge on any atom is -0.378 e. The molecule has 2 atom stereocenters. The number of morpholine rings is 1. The lowest BCUT2D eigenvalue weighted by molar-refractivity contribution is -0.122. The minimum absolute atomic E-state index is 0.0476. The summed E-state index contributed by atoms with van der Waals surface area (Å²) in [6, 6.07) is 4.03. The van der Waals surface area contributed by atoms with Crippen molar-refractivity contribution >= 4 is 11.9 Å². The van der Waals surface area contributed by atoms with Crippen LogP contribution in [0.4, 0.5) is 5.95 Å². The zero-order valence-electron chi connectivity index (χ0n) is 17.6. The number of hydrogen-bond donors (Lipinski definition) is 1. The topological polar surface area (TPSA) is 92.7 Å². The third-order valence-electron chi connectivity index (χ3n) is 6.31. The number of pyridine rings is 1. The van der Waals surface area contributed by atoms with Crippen molar-refractivity contribution in [2.75, 3.05) is 57.5 Å². The van der Waals surface area contributed by atoms with Crippen molar-refractivity contribution in [3.8, 4) is 0 Å². The molecule has 0 aliphatic carbocycles. The molecule has 3 fully saturated rings. The minimum atomic E-state index is -0.453. The molecule has 9 nitrogen and oxygen atoms in total. The molecule has 0 aromatic carbocycles. The molecule has 0 radical (unpaired) electrons. The van der Waals surface area contributed by atoms with Gasteiger partial charge >= 0.3 is 0 Å². The second kappa shape index (κ2) is 8.86. The lowest BCUT2D eigenvalue weighted by Crippen LogP contribution is -2.55. The molecule has 5 heterocycles. The predicted molar refractivity (Wildman–Crippen MR) is 114 cm³/mol. The van der Waals surface area contributed by atoms with Crippen molar-refractivity contribution in [1.29, 1.82) is 0 Å². The van der Waals surface area contributed by atoms with Crippen LogP contribution in [0.3, 0.4) is 0 Å². The number of ether oxygens (including phenoxy) is 2. The van der Waals surface area contributed by atoms with Gasteiger partial charge in [-0.3, -0.25) is 14.7 Å². The second-order valence-electron chi connectivity index (χ2n) is 8.51. The summed E-state index contributed by atoms with van der Waals surface area (Å²) in [5, 5.41) is 3.29. The molecule has 3 aliphatic heterocycles. The average Bonchev–Trinajstić information content (AvgIpc) is 3.04. The van der Waals surface area contributed by atoms with Gasteiger partial charge in [0.2, 0.25) is 11.9 Å². The van der Waals surface area contributed by atoms with E-state index in [4.69, 9.17) is 9.47 Å². The van der Waals surface area contributed by atoms with Gasteiger partial charge < -0.3 is 19.7 Å². The fraction of sp³-hybridized carbons (Fsp3) is 0.545. The fourth-order valence-corrected chi connectivity index (χ4v) is 4.82. The maximum Gasteiger partial charge on any atom is 0.225 e. The largest absolute Gasteiger partial charge is 0.378 e. The highest BCUT2D eigenvalue weighted by atomic mass is 16.5. The standard InChI is InChI=1S/C22H28N6O3/c29-20-3-7-31-16-22(26-20)15-27(14-19(22)18-2-1-4-23-12-18)13-17-10-24-21(25-11-17)28-5-8-30-9-6-28/h1-2,4,10-12,19H,3,5-9,13-16H2,(H,26,29)/t19-,22-/m0/s1. The van der Waals surface area contributed by atoms with Crippen LogP contribution < -0.4 is 10.2 Å². The fourth-order valence-electron chi connectivity index (χ4n) is 4.82. The molecule has 1 N–H and O–H groups in total. The van der Waals surface area contributed by atoms with Gasteiger partial charge in [-0.15, -0.1) is 0 Å². The Labute approximate surface area is 181 Å². The molecule has 31 heavy (non-hydrogen) atoms. The Morgan fingerprint density at radius 3 is 2.74 bits per heavy atom. The Balaban J connectivity index is 1.33. The number of carbonyl (C=O) groups excluding carboxylic acids is 1. The van der Waals surface area contributed by atoms with Crippen molar-refractivity contribution < 1.29 is 14.3 Å². The van der Waals surface area contributed by atoms with E-state index in [-0.39, 0.29) is 11.8 Å². The Hall–Kier alpha value is -2.62. The highest BCUT2D eigenvalue weighted by Crippen LogP contribution is 2.37. The molecule has 3 aliphatic rings. The molecule has 3 saturated heterocycles. The molecule has 1 amide bonds. The molecule has 0 saturated carbocycles. The first-order valence-corrected chi connectivity index (χ1v) is 10.9. The Morgan fingerprint density at radius 1 is 1.13 bits per heavy atom. The molecule has 0 bridgehead atoms. The molecule has 2 aromatic heterocycles. The third kappa shape index (κ3) is 4.39. The Kier molecular flexibility index (Phi) is 5.80. The third-order valence-corrected chi connectivity index (χ3v) is 6.31. The quantitative estimate of drug-likeness (QED) is 0.762. The summed E-state index contributed by atoms with van der Waals surface area (Å²) in [6.45, 7) is 6.27. The van der Waals surface area contributed by atoms with E-state index >= 15 is 0 Å². The van der Waals surface area contributed by atoms with Crippen molar-refractivity contribution in [3.05, 3.63) is 48.0 Å². The van der Waals surface area contributed by atoms with Crippen LogP contribution in [0.1, 0.15) is 23.5 Å². The van der Waals surface area contributed by atoms with E-state index in [2.05, 4.69) is 36.1 Å². The monoisotopic (exact) mass is 424 g/mol. The second-order valence-corrected chi connectivity index (χ2v) is 8.51. The van der Waals surface area contributed by atoms with Gasteiger partial charge in [-0.25, -0.2) is 9.97 Å². The first-order valence-electron chi connectivity index (χ1n) is 10.9. The predicted octanol–water partition coefficient (Wildman–Crippen LogP) is 0.583. The van der Waals surface area contributed by atoms with Crippen molar-refractivity contribution in [1.82, 2.24) is 25.2 Å². The summed E-state index contributed by atoms with van der Waals surface area (Å²) in [6.07, 6.45) is 7.89.